The van der Waals surface area contributed by atoms with Crippen molar-refractivity contribution >= 4 is 30.0 Å². The van der Waals surface area contributed by atoms with Gasteiger partial charge in [-0.25, -0.2) is 0 Å². The smallest absolute Gasteiger partial charge is 0.305 e. The maximum atomic E-state index is 12.2. The summed E-state index contributed by atoms with van der Waals surface area (Å²) in [7, 11) is 0. The predicted octanol–water partition coefficient (Wildman–Crippen LogP) is -3.28. The van der Waals surface area contributed by atoms with E-state index in [2.05, 4.69) is 4.99 Å². The molecule has 0 unspecified atom stereocenters. The van der Waals surface area contributed by atoms with E-state index in [9.17, 15) is 19.2 Å². The van der Waals surface area contributed by atoms with Gasteiger partial charge in [0.2, 0.25) is 11.8 Å². The van der Waals surface area contributed by atoms with Crippen molar-refractivity contribution in [1.82, 2.24) is 4.90 Å². The Bertz CT molecular complexity index is 477. The molecule has 130 valence electrons. The molecule has 0 spiro atoms. The van der Waals surface area contributed by atoms with Crippen molar-refractivity contribution in [3.8, 4) is 0 Å². The normalized spacial score (nSPS) is 12.8. The molecular weight excluding hydrogens is 308 g/mol. The quantitative estimate of drug-likeness (QED) is 0.117. The molecule has 9 N–H and O–H groups in total. The molecule has 0 aliphatic carbocycles. The highest BCUT2D eigenvalue weighted by molar-refractivity contribution is 6.01. The van der Waals surface area contributed by atoms with Crippen LogP contribution in [0.25, 0.3) is 0 Å². The van der Waals surface area contributed by atoms with Crippen LogP contribution in [0.2, 0.25) is 0 Å². The zero-order valence-corrected chi connectivity index (χ0v) is 12.6. The Hall–Kier alpha value is -2.53. The summed E-state index contributed by atoms with van der Waals surface area (Å²) in [6.45, 7) is -0.323. The minimum atomic E-state index is -1.46. The van der Waals surface area contributed by atoms with E-state index in [-0.39, 0.29) is 25.2 Å². The lowest BCUT2D eigenvalue weighted by atomic mass is 10.1. The molecule has 2 amide bonds. The first kappa shape index (κ1) is 20.5. The highest BCUT2D eigenvalue weighted by Gasteiger charge is 2.33. The summed E-state index contributed by atoms with van der Waals surface area (Å²) in [5.74, 6) is -3.20. The van der Waals surface area contributed by atoms with Crippen molar-refractivity contribution in [3.63, 3.8) is 0 Å². The van der Waals surface area contributed by atoms with Crippen LogP contribution < -0.4 is 22.9 Å². The fourth-order valence-electron chi connectivity index (χ4n) is 1.77. The van der Waals surface area contributed by atoms with Crippen molar-refractivity contribution in [2.24, 2.45) is 27.9 Å². The topological polar surface area (TPSA) is 208 Å². The van der Waals surface area contributed by atoms with Crippen molar-refractivity contribution < 1.29 is 24.3 Å². The number of aliphatic imine (C=N–C) groups is 1. The molecule has 0 aromatic rings. The van der Waals surface area contributed by atoms with Crippen molar-refractivity contribution in [2.45, 2.75) is 31.3 Å². The van der Waals surface area contributed by atoms with Crippen molar-refractivity contribution in [2.75, 3.05) is 13.1 Å². The Balaban J connectivity index is 4.98. The Morgan fingerprint density at radius 2 is 1.87 bits per heavy atom. The second kappa shape index (κ2) is 10.2. The van der Waals surface area contributed by atoms with Gasteiger partial charge in [-0.05, 0) is 12.8 Å². The summed E-state index contributed by atoms with van der Waals surface area (Å²) < 4.78 is 0. The number of guanidine groups is 1. The second-order valence-corrected chi connectivity index (χ2v) is 4.66. The van der Waals surface area contributed by atoms with Crippen LogP contribution in [0.1, 0.15) is 19.3 Å². The molecule has 23 heavy (non-hydrogen) atoms. The third-order valence-corrected chi connectivity index (χ3v) is 2.84. The standard InChI is InChI=1S/C12H22N6O5/c13-5-9(20)18(7(6-19)4-10(21)22)11(23)8(14)2-1-3-17-12(15)16/h6-8H,1-5,13-14H2,(H,21,22)(H4,15,16,17)/t7-,8-/m0/s1. The highest BCUT2D eigenvalue weighted by atomic mass is 16.4. The average Bonchev–Trinajstić information content (AvgIpc) is 2.49. The van der Waals surface area contributed by atoms with E-state index in [1.807, 2.05) is 0 Å². The van der Waals surface area contributed by atoms with Gasteiger partial charge in [0.15, 0.2) is 5.96 Å². The third-order valence-electron chi connectivity index (χ3n) is 2.84. The fraction of sp³-hybridized carbons (Fsp3) is 0.583. The zero-order valence-electron chi connectivity index (χ0n) is 12.6. The number of carbonyl (C=O) groups is 4. The fourth-order valence-corrected chi connectivity index (χ4v) is 1.77. The van der Waals surface area contributed by atoms with Crippen LogP contribution >= 0.6 is 0 Å². The number of nitrogens with two attached hydrogens (primary N) is 4. The lowest BCUT2D eigenvalue weighted by molar-refractivity contribution is -0.151. The number of rotatable bonds is 10. The van der Waals surface area contributed by atoms with Crippen LogP contribution in [0.3, 0.4) is 0 Å². The molecule has 11 nitrogen and oxygen atoms in total. The van der Waals surface area contributed by atoms with Crippen LogP contribution in [-0.2, 0) is 19.2 Å². The van der Waals surface area contributed by atoms with Gasteiger partial charge in [0.1, 0.15) is 12.3 Å². The van der Waals surface area contributed by atoms with Gasteiger partial charge in [-0.1, -0.05) is 0 Å². The van der Waals surface area contributed by atoms with Crippen molar-refractivity contribution in [3.05, 3.63) is 0 Å². The molecule has 0 aromatic heterocycles. The summed E-state index contributed by atoms with van der Waals surface area (Å²) in [6.07, 6.45) is -0.0177. The minimum Gasteiger partial charge on any atom is -0.481 e. The Morgan fingerprint density at radius 1 is 1.26 bits per heavy atom. The van der Waals surface area contributed by atoms with Gasteiger partial charge in [0.05, 0.1) is 19.0 Å². The second-order valence-electron chi connectivity index (χ2n) is 4.66. The lowest BCUT2D eigenvalue weighted by Gasteiger charge is -2.27. The first-order valence-corrected chi connectivity index (χ1v) is 6.78. The number of carboxylic acids is 1. The maximum absolute atomic E-state index is 12.2. The van der Waals surface area contributed by atoms with Crippen LogP contribution in [0.4, 0.5) is 0 Å². The predicted molar refractivity (Wildman–Crippen MR) is 80.9 cm³/mol. The van der Waals surface area contributed by atoms with E-state index in [0.717, 1.165) is 0 Å². The largest absolute Gasteiger partial charge is 0.481 e. The highest BCUT2D eigenvalue weighted by Crippen LogP contribution is 2.08. The molecular formula is C12H22N6O5. The van der Waals surface area contributed by atoms with E-state index < -0.39 is 42.8 Å². The maximum Gasteiger partial charge on any atom is 0.305 e. The molecule has 0 aromatic carbocycles. The number of amides is 2. The molecule has 0 fully saturated rings. The van der Waals surface area contributed by atoms with Crippen LogP contribution in [-0.4, -0.2) is 65.2 Å². The van der Waals surface area contributed by atoms with E-state index >= 15 is 0 Å². The van der Waals surface area contributed by atoms with Crippen molar-refractivity contribution in [1.29, 1.82) is 0 Å². The van der Waals surface area contributed by atoms with E-state index in [0.29, 0.717) is 11.3 Å². The molecule has 11 heteroatoms. The molecule has 0 rings (SSSR count). The molecule has 0 aliphatic rings. The Labute approximate surface area is 132 Å². The summed E-state index contributed by atoms with van der Waals surface area (Å²) >= 11 is 0. The molecule has 0 saturated carbocycles. The summed E-state index contributed by atoms with van der Waals surface area (Å²) in [5, 5.41) is 8.76. The van der Waals surface area contributed by atoms with Gasteiger partial charge in [-0.2, -0.15) is 0 Å². The molecule has 0 radical (unpaired) electrons. The van der Waals surface area contributed by atoms with Crippen LogP contribution in [0.5, 0.6) is 0 Å². The van der Waals surface area contributed by atoms with E-state index in [1.54, 1.807) is 0 Å². The number of hydrogen-bond donors (Lipinski definition) is 5. The summed E-state index contributed by atoms with van der Waals surface area (Å²) in [4.78, 5) is 50.0. The van der Waals surface area contributed by atoms with Gasteiger partial charge in [0, 0.05) is 6.54 Å². The summed E-state index contributed by atoms with van der Waals surface area (Å²) in [5.41, 5.74) is 21.2. The lowest BCUT2D eigenvalue weighted by Crippen LogP contribution is -2.54. The number of imide groups is 1. The zero-order chi connectivity index (χ0) is 18.0. The van der Waals surface area contributed by atoms with E-state index in [1.165, 1.54) is 0 Å². The van der Waals surface area contributed by atoms with Crippen LogP contribution in [0.15, 0.2) is 4.99 Å². The molecule has 2 atom stereocenters. The average molecular weight is 330 g/mol. The summed E-state index contributed by atoms with van der Waals surface area (Å²) in [6, 6.07) is -2.57. The first-order valence-electron chi connectivity index (χ1n) is 6.78. The van der Waals surface area contributed by atoms with E-state index in [4.69, 9.17) is 28.0 Å². The Kier molecular flexibility index (Phi) is 9.11. The number of aldehydes is 1. The van der Waals surface area contributed by atoms with Gasteiger partial charge in [-0.15, -0.1) is 0 Å². The number of hydrogen-bond acceptors (Lipinski definition) is 7. The molecule has 0 heterocycles. The SMILES string of the molecule is NCC(=O)N(C(=O)[C@@H](N)CCCN=C(N)N)[C@H](C=O)CC(=O)O. The van der Waals surface area contributed by atoms with Gasteiger partial charge in [0.25, 0.3) is 0 Å². The molecule has 0 saturated heterocycles. The van der Waals surface area contributed by atoms with Crippen LogP contribution in [0, 0.1) is 0 Å². The molecule has 0 bridgehead atoms. The van der Waals surface area contributed by atoms with Gasteiger partial charge >= 0.3 is 5.97 Å². The third kappa shape index (κ3) is 7.33. The number of carboxylic acid groups (broad SMARTS) is 1. The number of nitrogens with zero attached hydrogens (tertiary/aromatic N) is 2. The molecule has 0 aliphatic heterocycles. The Morgan fingerprint density at radius 3 is 2.30 bits per heavy atom. The van der Waals surface area contributed by atoms with Gasteiger partial charge < -0.3 is 32.8 Å². The number of carbonyl (C=O) groups excluding carboxylic acids is 3. The number of aliphatic carboxylic acids is 1. The monoisotopic (exact) mass is 330 g/mol. The van der Waals surface area contributed by atoms with Gasteiger partial charge in [-0.3, -0.25) is 24.3 Å². The minimum absolute atomic E-state index is 0.104. The first-order chi connectivity index (χ1) is 10.7.